The van der Waals surface area contributed by atoms with Crippen LogP contribution in [-0.2, 0) is 28.6 Å². The van der Waals surface area contributed by atoms with E-state index in [1.54, 1.807) is 0 Å². The highest BCUT2D eigenvalue weighted by Crippen LogP contribution is 2.12. The highest BCUT2D eigenvalue weighted by Gasteiger charge is 2.19. The van der Waals surface area contributed by atoms with Gasteiger partial charge in [0, 0.05) is 19.3 Å². The van der Waals surface area contributed by atoms with Crippen molar-refractivity contribution in [3.8, 4) is 0 Å². The lowest BCUT2D eigenvalue weighted by atomic mass is 10.1. The van der Waals surface area contributed by atoms with Gasteiger partial charge < -0.3 is 14.2 Å². The molecule has 1 atom stereocenters. The summed E-state index contributed by atoms with van der Waals surface area (Å²) in [7, 11) is 0. The predicted molar refractivity (Wildman–Crippen MR) is 247 cm³/mol. The zero-order valence-corrected chi connectivity index (χ0v) is 37.3. The fourth-order valence-corrected chi connectivity index (χ4v) is 5.93. The molecule has 0 heterocycles. The van der Waals surface area contributed by atoms with Gasteiger partial charge in [0.25, 0.3) is 0 Å². The molecule has 328 valence electrons. The molecule has 0 bridgehead atoms. The molecule has 0 aliphatic carbocycles. The van der Waals surface area contributed by atoms with E-state index < -0.39 is 6.10 Å². The van der Waals surface area contributed by atoms with Crippen molar-refractivity contribution in [2.75, 3.05) is 13.2 Å². The van der Waals surface area contributed by atoms with Crippen molar-refractivity contribution < 1.29 is 28.6 Å². The second kappa shape index (κ2) is 46.0. The van der Waals surface area contributed by atoms with Crippen molar-refractivity contribution in [2.45, 2.75) is 200 Å². The maximum absolute atomic E-state index is 12.7. The van der Waals surface area contributed by atoms with Gasteiger partial charge in [-0.25, -0.2) is 0 Å². The third kappa shape index (κ3) is 43.5. The van der Waals surface area contributed by atoms with Gasteiger partial charge in [0.15, 0.2) is 6.10 Å². The van der Waals surface area contributed by atoms with Crippen molar-refractivity contribution in [3.63, 3.8) is 0 Å². The van der Waals surface area contributed by atoms with Gasteiger partial charge in [-0.15, -0.1) is 0 Å². The zero-order valence-electron chi connectivity index (χ0n) is 37.3. The number of hydrogen-bond donors (Lipinski definition) is 0. The van der Waals surface area contributed by atoms with E-state index in [9.17, 15) is 14.4 Å². The minimum absolute atomic E-state index is 0.110. The topological polar surface area (TPSA) is 78.9 Å². The molecule has 0 aliphatic heterocycles. The highest BCUT2D eigenvalue weighted by molar-refractivity contribution is 5.71. The lowest BCUT2D eigenvalue weighted by molar-refractivity contribution is -0.167. The van der Waals surface area contributed by atoms with Crippen LogP contribution in [0.4, 0.5) is 0 Å². The molecule has 0 saturated carbocycles. The van der Waals surface area contributed by atoms with E-state index in [0.717, 1.165) is 109 Å². The normalized spacial score (nSPS) is 12.9. The van der Waals surface area contributed by atoms with Crippen LogP contribution in [0, 0.1) is 0 Å². The van der Waals surface area contributed by atoms with E-state index in [-0.39, 0.29) is 37.5 Å². The van der Waals surface area contributed by atoms with Crippen LogP contribution in [0.3, 0.4) is 0 Å². The molecular formula is C52H84O6. The second-order valence-electron chi connectivity index (χ2n) is 15.0. The maximum atomic E-state index is 12.7. The van der Waals surface area contributed by atoms with Crippen LogP contribution in [0.15, 0.2) is 97.2 Å². The first-order valence-electron chi connectivity index (χ1n) is 23.3. The Bertz CT molecular complexity index is 1200. The molecule has 0 aliphatic rings. The van der Waals surface area contributed by atoms with Gasteiger partial charge in [0.05, 0.1) is 0 Å². The van der Waals surface area contributed by atoms with Gasteiger partial charge in [-0.05, 0) is 96.3 Å². The minimum atomic E-state index is -0.812. The number of carbonyl (C=O) groups is 3. The van der Waals surface area contributed by atoms with Gasteiger partial charge in [0.2, 0.25) is 0 Å². The van der Waals surface area contributed by atoms with Gasteiger partial charge in [-0.1, -0.05) is 176 Å². The largest absolute Gasteiger partial charge is 0.462 e. The van der Waals surface area contributed by atoms with Crippen LogP contribution in [0.1, 0.15) is 194 Å². The Hall–Kier alpha value is -3.67. The number of hydrogen-bond acceptors (Lipinski definition) is 6. The Morgan fingerprint density at radius 2 is 0.759 bits per heavy atom. The Morgan fingerprint density at radius 3 is 1.29 bits per heavy atom. The van der Waals surface area contributed by atoms with E-state index in [1.807, 2.05) is 36.5 Å². The third-order valence-electron chi connectivity index (χ3n) is 9.40. The molecule has 0 aromatic heterocycles. The van der Waals surface area contributed by atoms with Crippen LogP contribution in [0.25, 0.3) is 0 Å². The fourth-order valence-electron chi connectivity index (χ4n) is 5.93. The number of rotatable bonds is 40. The Balaban J connectivity index is 4.53. The van der Waals surface area contributed by atoms with Gasteiger partial charge in [-0.2, -0.15) is 0 Å². The van der Waals surface area contributed by atoms with Crippen molar-refractivity contribution in [1.82, 2.24) is 0 Å². The molecule has 0 radical (unpaired) electrons. The van der Waals surface area contributed by atoms with Crippen LogP contribution in [0.5, 0.6) is 0 Å². The smallest absolute Gasteiger partial charge is 0.306 e. The van der Waals surface area contributed by atoms with Crippen molar-refractivity contribution in [2.24, 2.45) is 0 Å². The molecule has 1 unspecified atom stereocenters. The first-order valence-corrected chi connectivity index (χ1v) is 23.3. The van der Waals surface area contributed by atoms with Crippen molar-refractivity contribution in [3.05, 3.63) is 97.2 Å². The lowest BCUT2D eigenvalue weighted by Crippen LogP contribution is -2.30. The predicted octanol–water partition coefficient (Wildman–Crippen LogP) is 15.0. The zero-order chi connectivity index (χ0) is 42.3. The Labute approximate surface area is 356 Å². The van der Waals surface area contributed by atoms with Crippen molar-refractivity contribution in [1.29, 1.82) is 0 Å². The number of carbonyl (C=O) groups excluding carboxylic acids is 3. The monoisotopic (exact) mass is 805 g/mol. The van der Waals surface area contributed by atoms with Crippen LogP contribution in [-0.4, -0.2) is 37.2 Å². The molecule has 58 heavy (non-hydrogen) atoms. The van der Waals surface area contributed by atoms with E-state index in [2.05, 4.69) is 81.5 Å². The molecule has 0 rings (SSSR count). The molecule has 0 aromatic carbocycles. The molecule has 0 amide bonds. The minimum Gasteiger partial charge on any atom is -0.462 e. The third-order valence-corrected chi connectivity index (χ3v) is 9.40. The van der Waals surface area contributed by atoms with Gasteiger partial charge in [0.1, 0.15) is 13.2 Å². The Morgan fingerprint density at radius 1 is 0.379 bits per heavy atom. The molecular weight excluding hydrogens is 721 g/mol. The van der Waals surface area contributed by atoms with E-state index in [0.29, 0.717) is 19.3 Å². The highest BCUT2D eigenvalue weighted by atomic mass is 16.6. The summed E-state index contributed by atoms with van der Waals surface area (Å²) in [4.78, 5) is 37.8. The summed E-state index contributed by atoms with van der Waals surface area (Å²) < 4.78 is 16.7. The number of ether oxygens (including phenoxy) is 3. The fraction of sp³-hybridized carbons (Fsp3) is 0.635. The number of allylic oxidation sites excluding steroid dienone is 16. The first kappa shape index (κ1) is 54.3. The van der Waals surface area contributed by atoms with E-state index >= 15 is 0 Å². The summed E-state index contributed by atoms with van der Waals surface area (Å²) in [5.74, 6) is -0.997. The summed E-state index contributed by atoms with van der Waals surface area (Å²) in [6.45, 7) is 6.28. The van der Waals surface area contributed by atoms with E-state index in [4.69, 9.17) is 14.2 Å². The summed E-state index contributed by atoms with van der Waals surface area (Å²) in [5, 5.41) is 0. The summed E-state index contributed by atoms with van der Waals surface area (Å²) in [6.07, 6.45) is 59.6. The summed E-state index contributed by atoms with van der Waals surface area (Å²) in [6, 6.07) is 0. The average Bonchev–Trinajstić information content (AvgIpc) is 3.22. The van der Waals surface area contributed by atoms with E-state index in [1.165, 1.54) is 38.5 Å². The van der Waals surface area contributed by atoms with Crippen molar-refractivity contribution >= 4 is 17.9 Å². The molecule has 0 fully saturated rings. The van der Waals surface area contributed by atoms with Gasteiger partial charge in [-0.3, -0.25) is 14.4 Å². The standard InChI is InChI=1S/C52H84O6/c1-4-7-10-13-16-19-22-25-28-30-33-36-39-42-45-51(54)57-48-49(58-52(55)46-43-40-37-34-31-27-24-21-18-15-12-9-6-3)47-56-50(53)44-41-38-35-32-29-26-23-20-17-14-11-8-5-2/h7,9-10,12,15-16,18-19,21,24-29,31,49H,4-6,8,11,13-14,17,20,22-23,30,32-48H2,1-3H3/b10-7+,12-9+,18-15+,19-16+,24-21+,28-25+,29-26+,31-27+. The number of unbranched alkanes of at least 4 members (excludes halogenated alkanes) is 16. The summed E-state index contributed by atoms with van der Waals surface area (Å²) in [5.41, 5.74) is 0. The Kier molecular flexibility index (Phi) is 43.1. The first-order chi connectivity index (χ1) is 28.5. The van der Waals surface area contributed by atoms with Crippen LogP contribution in [0.2, 0.25) is 0 Å². The average molecular weight is 805 g/mol. The number of esters is 3. The lowest BCUT2D eigenvalue weighted by Gasteiger charge is -2.18. The second-order valence-corrected chi connectivity index (χ2v) is 15.0. The molecule has 6 nitrogen and oxygen atoms in total. The van der Waals surface area contributed by atoms with Crippen LogP contribution >= 0.6 is 0 Å². The molecule has 0 spiro atoms. The summed E-state index contributed by atoms with van der Waals surface area (Å²) >= 11 is 0. The van der Waals surface area contributed by atoms with Gasteiger partial charge >= 0.3 is 17.9 Å². The molecule has 0 saturated heterocycles. The SMILES string of the molecule is CC/C=C/C=C/C=C/C=C/CCCCCC(=O)OC(COC(=O)CCCCC/C=C/CCCCCCCC)COC(=O)CCCCCC/C=C/C/C=C/C/C=C/CC. The molecule has 0 N–H and O–H groups in total. The molecule has 0 aromatic rings. The quantitative estimate of drug-likeness (QED) is 0.0202. The maximum Gasteiger partial charge on any atom is 0.306 e. The van der Waals surface area contributed by atoms with Crippen LogP contribution < -0.4 is 0 Å². The molecule has 6 heteroatoms.